The summed E-state index contributed by atoms with van der Waals surface area (Å²) in [6, 6.07) is 23.1. The summed E-state index contributed by atoms with van der Waals surface area (Å²) in [6.45, 7) is 0.540. The lowest BCUT2D eigenvalue weighted by molar-refractivity contribution is 0.0950. The third-order valence-corrected chi connectivity index (χ3v) is 6.02. The third-order valence-electron chi connectivity index (χ3n) is 4.62. The van der Waals surface area contributed by atoms with E-state index in [1.54, 1.807) is 12.1 Å². The SMILES string of the molecule is CN(C)c1ccc(CNC(=O)c2cccc(S(=O)(=O)NCc3ccccc3)c2)cc1. The molecule has 1 amide bonds. The molecule has 3 aromatic rings. The molecular formula is C23H25N3O3S. The van der Waals surface area contributed by atoms with Gasteiger partial charge in [0.1, 0.15) is 0 Å². The number of carbonyl (C=O) groups is 1. The molecule has 0 aliphatic rings. The van der Waals surface area contributed by atoms with E-state index in [1.165, 1.54) is 12.1 Å². The first-order chi connectivity index (χ1) is 14.3. The quantitative estimate of drug-likeness (QED) is 0.583. The molecule has 30 heavy (non-hydrogen) atoms. The van der Waals surface area contributed by atoms with Gasteiger partial charge in [0.2, 0.25) is 10.0 Å². The second-order valence-electron chi connectivity index (χ2n) is 7.08. The molecular weight excluding hydrogens is 398 g/mol. The third kappa shape index (κ3) is 5.68. The molecule has 0 unspecified atom stereocenters. The highest BCUT2D eigenvalue weighted by Crippen LogP contribution is 2.14. The van der Waals surface area contributed by atoms with Gasteiger partial charge in [0.15, 0.2) is 0 Å². The summed E-state index contributed by atoms with van der Waals surface area (Å²) in [4.78, 5) is 14.6. The van der Waals surface area contributed by atoms with E-state index in [4.69, 9.17) is 0 Å². The Labute approximate surface area is 177 Å². The summed E-state index contributed by atoms with van der Waals surface area (Å²) in [5.74, 6) is -0.327. The Morgan fingerprint density at radius 3 is 2.17 bits per heavy atom. The molecule has 7 heteroatoms. The first-order valence-corrected chi connectivity index (χ1v) is 11.0. The maximum Gasteiger partial charge on any atom is 0.251 e. The Morgan fingerprint density at radius 1 is 0.833 bits per heavy atom. The molecule has 0 saturated heterocycles. The van der Waals surface area contributed by atoms with Gasteiger partial charge in [-0.25, -0.2) is 13.1 Å². The van der Waals surface area contributed by atoms with Crippen molar-refractivity contribution >= 4 is 21.6 Å². The molecule has 0 aromatic heterocycles. The van der Waals surface area contributed by atoms with Crippen LogP contribution in [0.4, 0.5) is 5.69 Å². The molecule has 6 nitrogen and oxygen atoms in total. The van der Waals surface area contributed by atoms with Crippen molar-refractivity contribution in [2.24, 2.45) is 0 Å². The average Bonchev–Trinajstić information content (AvgIpc) is 2.77. The van der Waals surface area contributed by atoms with E-state index >= 15 is 0 Å². The summed E-state index contributed by atoms with van der Waals surface area (Å²) in [5, 5.41) is 2.83. The standard InChI is InChI=1S/C23H25N3O3S/c1-26(2)21-13-11-19(12-14-21)16-24-23(27)20-9-6-10-22(15-20)30(28,29)25-17-18-7-4-3-5-8-18/h3-15,25H,16-17H2,1-2H3,(H,24,27). The van der Waals surface area contributed by atoms with Gasteiger partial charge in [-0.05, 0) is 41.5 Å². The van der Waals surface area contributed by atoms with E-state index in [1.807, 2.05) is 73.6 Å². The van der Waals surface area contributed by atoms with Gasteiger partial charge in [0.25, 0.3) is 5.91 Å². The number of hydrogen-bond acceptors (Lipinski definition) is 4. The van der Waals surface area contributed by atoms with Crippen LogP contribution in [0.1, 0.15) is 21.5 Å². The lowest BCUT2D eigenvalue weighted by atomic mass is 10.1. The first kappa shape index (κ1) is 21.5. The number of nitrogens with zero attached hydrogens (tertiary/aromatic N) is 1. The number of carbonyl (C=O) groups excluding carboxylic acids is 1. The number of benzene rings is 3. The highest BCUT2D eigenvalue weighted by Gasteiger charge is 2.16. The van der Waals surface area contributed by atoms with Gasteiger partial charge < -0.3 is 10.2 Å². The molecule has 3 rings (SSSR count). The van der Waals surface area contributed by atoms with Crippen molar-refractivity contribution in [3.8, 4) is 0 Å². The molecule has 0 spiro atoms. The second kappa shape index (κ2) is 9.56. The van der Waals surface area contributed by atoms with E-state index in [-0.39, 0.29) is 17.3 Å². The Balaban J connectivity index is 1.64. The Hall–Kier alpha value is -3.16. The summed E-state index contributed by atoms with van der Waals surface area (Å²) in [5.41, 5.74) is 3.19. The molecule has 0 heterocycles. The molecule has 0 fully saturated rings. The molecule has 0 aliphatic carbocycles. The number of anilines is 1. The number of sulfonamides is 1. The second-order valence-corrected chi connectivity index (χ2v) is 8.85. The van der Waals surface area contributed by atoms with Crippen LogP contribution in [0.5, 0.6) is 0 Å². The van der Waals surface area contributed by atoms with Gasteiger partial charge in [-0.1, -0.05) is 48.5 Å². The molecule has 0 aliphatic heterocycles. The molecule has 0 atom stereocenters. The molecule has 3 aromatic carbocycles. The van der Waals surface area contributed by atoms with Crippen molar-refractivity contribution in [1.82, 2.24) is 10.0 Å². The fraction of sp³-hybridized carbons (Fsp3) is 0.174. The fourth-order valence-corrected chi connectivity index (χ4v) is 3.92. The zero-order valence-electron chi connectivity index (χ0n) is 17.0. The van der Waals surface area contributed by atoms with Crippen LogP contribution in [0.2, 0.25) is 0 Å². The first-order valence-electron chi connectivity index (χ1n) is 9.53. The van der Waals surface area contributed by atoms with Crippen LogP contribution in [0.25, 0.3) is 0 Å². The van der Waals surface area contributed by atoms with Crippen molar-refractivity contribution < 1.29 is 13.2 Å². The van der Waals surface area contributed by atoms with Crippen LogP contribution >= 0.6 is 0 Å². The van der Waals surface area contributed by atoms with Crippen molar-refractivity contribution in [2.75, 3.05) is 19.0 Å². The van der Waals surface area contributed by atoms with Crippen LogP contribution < -0.4 is 14.9 Å². The number of rotatable bonds is 8. The highest BCUT2D eigenvalue weighted by molar-refractivity contribution is 7.89. The lowest BCUT2D eigenvalue weighted by Crippen LogP contribution is -2.25. The van der Waals surface area contributed by atoms with Crippen LogP contribution in [-0.4, -0.2) is 28.4 Å². The van der Waals surface area contributed by atoms with E-state index < -0.39 is 10.0 Å². The number of nitrogens with one attached hydrogen (secondary N) is 2. The highest BCUT2D eigenvalue weighted by atomic mass is 32.2. The maximum atomic E-state index is 12.6. The van der Waals surface area contributed by atoms with E-state index in [0.29, 0.717) is 12.1 Å². The van der Waals surface area contributed by atoms with Crippen LogP contribution in [0.15, 0.2) is 83.8 Å². The molecule has 0 saturated carbocycles. The van der Waals surface area contributed by atoms with Crippen LogP contribution in [0, 0.1) is 0 Å². The minimum absolute atomic E-state index is 0.0569. The van der Waals surface area contributed by atoms with Crippen molar-refractivity contribution in [2.45, 2.75) is 18.0 Å². The van der Waals surface area contributed by atoms with Crippen LogP contribution in [-0.2, 0) is 23.1 Å². The Morgan fingerprint density at radius 2 is 1.50 bits per heavy atom. The van der Waals surface area contributed by atoms with Crippen molar-refractivity contribution in [3.05, 3.63) is 95.6 Å². The fourth-order valence-electron chi connectivity index (χ4n) is 2.86. The van der Waals surface area contributed by atoms with E-state index in [0.717, 1.165) is 16.8 Å². The molecule has 0 bridgehead atoms. The minimum Gasteiger partial charge on any atom is -0.378 e. The summed E-state index contributed by atoms with van der Waals surface area (Å²) >= 11 is 0. The van der Waals surface area contributed by atoms with Crippen molar-refractivity contribution in [1.29, 1.82) is 0 Å². The summed E-state index contributed by atoms with van der Waals surface area (Å²) in [6.07, 6.45) is 0. The van der Waals surface area contributed by atoms with Gasteiger partial charge >= 0.3 is 0 Å². The smallest absolute Gasteiger partial charge is 0.251 e. The molecule has 0 radical (unpaired) electrons. The maximum absolute atomic E-state index is 12.6. The van der Waals surface area contributed by atoms with Crippen molar-refractivity contribution in [3.63, 3.8) is 0 Å². The Kier molecular flexibility index (Phi) is 6.87. The van der Waals surface area contributed by atoms with Gasteiger partial charge in [-0.3, -0.25) is 4.79 Å². The normalized spacial score (nSPS) is 11.1. The number of amides is 1. The molecule has 156 valence electrons. The number of hydrogen-bond donors (Lipinski definition) is 2. The monoisotopic (exact) mass is 423 g/mol. The largest absolute Gasteiger partial charge is 0.378 e. The average molecular weight is 424 g/mol. The zero-order valence-corrected chi connectivity index (χ0v) is 17.8. The van der Waals surface area contributed by atoms with E-state index in [9.17, 15) is 13.2 Å². The Bertz CT molecular complexity index is 1100. The van der Waals surface area contributed by atoms with Gasteiger partial charge in [0, 0.05) is 38.4 Å². The topological polar surface area (TPSA) is 78.5 Å². The van der Waals surface area contributed by atoms with Crippen LogP contribution in [0.3, 0.4) is 0 Å². The van der Waals surface area contributed by atoms with Gasteiger partial charge in [-0.15, -0.1) is 0 Å². The zero-order chi connectivity index (χ0) is 21.6. The predicted octanol–water partition coefficient (Wildman–Crippen LogP) is 3.16. The lowest BCUT2D eigenvalue weighted by Gasteiger charge is -2.13. The van der Waals surface area contributed by atoms with Gasteiger partial charge in [-0.2, -0.15) is 0 Å². The van der Waals surface area contributed by atoms with E-state index in [2.05, 4.69) is 10.0 Å². The summed E-state index contributed by atoms with van der Waals surface area (Å²) in [7, 11) is 0.200. The molecule has 2 N–H and O–H groups in total. The summed E-state index contributed by atoms with van der Waals surface area (Å²) < 4.78 is 27.8. The minimum atomic E-state index is -3.73. The van der Waals surface area contributed by atoms with Gasteiger partial charge in [0.05, 0.1) is 4.90 Å². The predicted molar refractivity (Wildman–Crippen MR) is 119 cm³/mol.